The summed E-state index contributed by atoms with van der Waals surface area (Å²) in [6, 6.07) is 16.9. The number of nitrogens with zero attached hydrogens (tertiary/aromatic N) is 1. The molecule has 1 fully saturated rings. The molecule has 0 bridgehead atoms. The van der Waals surface area contributed by atoms with Crippen molar-refractivity contribution in [3.63, 3.8) is 0 Å². The molecule has 142 valence electrons. The Morgan fingerprint density at radius 1 is 1.00 bits per heavy atom. The molecular formula is C22H20ClN3O2. The number of nitrogens with one attached hydrogen (secondary N) is 2. The fourth-order valence-electron chi connectivity index (χ4n) is 3.27. The Kier molecular flexibility index (Phi) is 5.01. The second kappa shape index (κ2) is 7.60. The standard InChI is InChI=1S/C22H20ClN3O2/c23-17-8-6-15(7-9-17)10-14-25-20(27)22(11-12-22)21(28)26-18-5-1-3-16-4-2-13-24-19(16)18/h1-9,13H,10-12,14H2,(H,25,27)(H,26,28). The lowest BCUT2D eigenvalue weighted by molar-refractivity contribution is -0.134. The summed E-state index contributed by atoms with van der Waals surface area (Å²) in [4.78, 5) is 29.8. The minimum atomic E-state index is -0.975. The molecule has 0 saturated heterocycles. The number of hydrogen-bond donors (Lipinski definition) is 2. The third-order valence-corrected chi connectivity index (χ3v) is 5.36. The van der Waals surface area contributed by atoms with Crippen LogP contribution in [0.1, 0.15) is 18.4 Å². The summed E-state index contributed by atoms with van der Waals surface area (Å²) in [6.45, 7) is 0.477. The van der Waals surface area contributed by atoms with Gasteiger partial charge in [-0.15, -0.1) is 0 Å². The highest BCUT2D eigenvalue weighted by Gasteiger charge is 2.56. The molecule has 1 saturated carbocycles. The Hall–Kier alpha value is -2.92. The number of carbonyl (C=O) groups excluding carboxylic acids is 2. The zero-order chi connectivity index (χ0) is 19.6. The van der Waals surface area contributed by atoms with Gasteiger partial charge in [0, 0.05) is 23.2 Å². The van der Waals surface area contributed by atoms with Gasteiger partial charge in [-0.25, -0.2) is 0 Å². The molecule has 5 nitrogen and oxygen atoms in total. The SMILES string of the molecule is O=C(NCCc1ccc(Cl)cc1)C1(C(=O)Nc2cccc3cccnc23)CC1. The van der Waals surface area contributed by atoms with Crippen LogP contribution in [0.5, 0.6) is 0 Å². The summed E-state index contributed by atoms with van der Waals surface area (Å²) in [6.07, 6.45) is 3.50. The lowest BCUT2D eigenvalue weighted by atomic mass is 10.0. The molecule has 0 spiro atoms. The molecule has 28 heavy (non-hydrogen) atoms. The Morgan fingerprint density at radius 2 is 1.75 bits per heavy atom. The molecule has 1 aromatic heterocycles. The Balaban J connectivity index is 1.39. The first-order chi connectivity index (χ1) is 13.6. The highest BCUT2D eigenvalue weighted by atomic mass is 35.5. The average molecular weight is 394 g/mol. The van der Waals surface area contributed by atoms with Crippen LogP contribution in [-0.2, 0) is 16.0 Å². The van der Waals surface area contributed by atoms with E-state index in [0.29, 0.717) is 36.5 Å². The van der Waals surface area contributed by atoms with Gasteiger partial charge in [-0.1, -0.05) is 41.9 Å². The maximum atomic E-state index is 12.8. The fraction of sp³-hybridized carbons (Fsp3) is 0.227. The van der Waals surface area contributed by atoms with E-state index in [0.717, 1.165) is 16.5 Å². The van der Waals surface area contributed by atoms with Crippen LogP contribution in [0.2, 0.25) is 5.02 Å². The van der Waals surface area contributed by atoms with Crippen molar-refractivity contribution in [3.8, 4) is 0 Å². The maximum absolute atomic E-state index is 12.8. The molecule has 6 heteroatoms. The Morgan fingerprint density at radius 3 is 2.50 bits per heavy atom. The van der Waals surface area contributed by atoms with Crippen molar-refractivity contribution >= 4 is 40.0 Å². The second-order valence-electron chi connectivity index (χ2n) is 7.05. The summed E-state index contributed by atoms with van der Waals surface area (Å²) >= 11 is 5.88. The van der Waals surface area contributed by atoms with Crippen molar-refractivity contribution in [2.45, 2.75) is 19.3 Å². The van der Waals surface area contributed by atoms with Crippen LogP contribution in [0.15, 0.2) is 60.8 Å². The van der Waals surface area contributed by atoms with Gasteiger partial charge in [0.05, 0.1) is 11.2 Å². The molecule has 0 unspecified atom stereocenters. The number of anilines is 1. The van der Waals surface area contributed by atoms with Crippen LogP contribution in [0.3, 0.4) is 0 Å². The first kappa shape index (κ1) is 18.4. The number of para-hydroxylation sites is 1. The monoisotopic (exact) mass is 393 g/mol. The van der Waals surface area contributed by atoms with Gasteiger partial charge in [0.15, 0.2) is 0 Å². The van der Waals surface area contributed by atoms with E-state index in [2.05, 4.69) is 15.6 Å². The van der Waals surface area contributed by atoms with Gasteiger partial charge in [-0.05, 0) is 49.1 Å². The van der Waals surface area contributed by atoms with E-state index >= 15 is 0 Å². The topological polar surface area (TPSA) is 71.1 Å². The van der Waals surface area contributed by atoms with Gasteiger partial charge in [0.25, 0.3) is 0 Å². The summed E-state index contributed by atoms with van der Waals surface area (Å²) < 4.78 is 0. The fourth-order valence-corrected chi connectivity index (χ4v) is 3.40. The van der Waals surface area contributed by atoms with Crippen molar-refractivity contribution in [1.29, 1.82) is 0 Å². The minimum Gasteiger partial charge on any atom is -0.355 e. The number of hydrogen-bond acceptors (Lipinski definition) is 3. The van der Waals surface area contributed by atoms with Gasteiger partial charge in [-0.2, -0.15) is 0 Å². The predicted molar refractivity (Wildman–Crippen MR) is 110 cm³/mol. The lowest BCUT2D eigenvalue weighted by Crippen LogP contribution is -2.40. The van der Waals surface area contributed by atoms with Crippen LogP contribution in [-0.4, -0.2) is 23.3 Å². The highest BCUT2D eigenvalue weighted by molar-refractivity contribution is 6.30. The Bertz CT molecular complexity index is 1020. The molecule has 1 heterocycles. The molecule has 1 aliphatic carbocycles. The number of halogens is 1. The van der Waals surface area contributed by atoms with E-state index in [1.165, 1.54) is 0 Å². The van der Waals surface area contributed by atoms with E-state index in [1.54, 1.807) is 6.20 Å². The zero-order valence-electron chi connectivity index (χ0n) is 15.2. The van der Waals surface area contributed by atoms with E-state index in [9.17, 15) is 9.59 Å². The van der Waals surface area contributed by atoms with Crippen LogP contribution in [0, 0.1) is 5.41 Å². The maximum Gasteiger partial charge on any atom is 0.240 e. The number of rotatable bonds is 6. The Labute approximate surface area is 168 Å². The van der Waals surface area contributed by atoms with E-state index in [1.807, 2.05) is 54.6 Å². The van der Waals surface area contributed by atoms with Crippen LogP contribution < -0.4 is 10.6 Å². The number of pyridine rings is 1. The average Bonchev–Trinajstić information content (AvgIpc) is 3.52. The van der Waals surface area contributed by atoms with Crippen LogP contribution in [0.25, 0.3) is 10.9 Å². The normalized spacial score (nSPS) is 14.5. The minimum absolute atomic E-state index is 0.216. The number of carbonyl (C=O) groups is 2. The molecule has 2 amide bonds. The first-order valence-corrected chi connectivity index (χ1v) is 9.64. The zero-order valence-corrected chi connectivity index (χ0v) is 16.0. The molecular weight excluding hydrogens is 374 g/mol. The van der Waals surface area contributed by atoms with E-state index in [4.69, 9.17) is 11.6 Å². The summed E-state index contributed by atoms with van der Waals surface area (Å²) in [5, 5.41) is 7.44. The quantitative estimate of drug-likeness (QED) is 0.622. The van der Waals surface area contributed by atoms with Crippen molar-refractivity contribution < 1.29 is 9.59 Å². The van der Waals surface area contributed by atoms with Crippen molar-refractivity contribution in [3.05, 3.63) is 71.4 Å². The summed E-state index contributed by atoms with van der Waals surface area (Å²) in [7, 11) is 0. The molecule has 0 atom stereocenters. The van der Waals surface area contributed by atoms with Gasteiger partial charge in [0.1, 0.15) is 5.41 Å². The smallest absolute Gasteiger partial charge is 0.240 e. The van der Waals surface area contributed by atoms with Crippen molar-refractivity contribution in [1.82, 2.24) is 10.3 Å². The van der Waals surface area contributed by atoms with Crippen molar-refractivity contribution in [2.24, 2.45) is 5.41 Å². The number of amides is 2. The van der Waals surface area contributed by atoms with E-state index < -0.39 is 5.41 Å². The third-order valence-electron chi connectivity index (χ3n) is 5.11. The number of benzene rings is 2. The first-order valence-electron chi connectivity index (χ1n) is 9.26. The molecule has 0 aliphatic heterocycles. The third kappa shape index (κ3) is 3.71. The van der Waals surface area contributed by atoms with Gasteiger partial charge in [-0.3, -0.25) is 14.6 Å². The van der Waals surface area contributed by atoms with E-state index in [-0.39, 0.29) is 11.8 Å². The molecule has 1 aliphatic rings. The molecule has 3 aromatic rings. The van der Waals surface area contributed by atoms with Gasteiger partial charge >= 0.3 is 0 Å². The molecule has 4 rings (SSSR count). The number of aromatic nitrogens is 1. The summed E-state index contributed by atoms with van der Waals surface area (Å²) in [5.74, 6) is -0.484. The van der Waals surface area contributed by atoms with Gasteiger partial charge in [0.2, 0.25) is 11.8 Å². The van der Waals surface area contributed by atoms with Crippen LogP contribution in [0.4, 0.5) is 5.69 Å². The van der Waals surface area contributed by atoms with Gasteiger partial charge < -0.3 is 10.6 Å². The lowest BCUT2D eigenvalue weighted by Gasteiger charge is -2.16. The number of fused-ring (bicyclic) bond motifs is 1. The summed E-state index contributed by atoms with van der Waals surface area (Å²) in [5.41, 5.74) is 1.46. The molecule has 2 aromatic carbocycles. The largest absolute Gasteiger partial charge is 0.355 e. The second-order valence-corrected chi connectivity index (χ2v) is 7.49. The molecule has 0 radical (unpaired) electrons. The highest BCUT2D eigenvalue weighted by Crippen LogP contribution is 2.47. The van der Waals surface area contributed by atoms with Crippen molar-refractivity contribution in [2.75, 3.05) is 11.9 Å². The molecule has 2 N–H and O–H groups in total. The predicted octanol–water partition coefficient (Wildman–Crippen LogP) is 3.97. The van der Waals surface area contributed by atoms with Crippen LogP contribution >= 0.6 is 11.6 Å².